The van der Waals surface area contributed by atoms with Gasteiger partial charge >= 0.3 is 0 Å². The molecule has 1 saturated heterocycles. The van der Waals surface area contributed by atoms with E-state index in [1.54, 1.807) is 0 Å². The first-order chi connectivity index (χ1) is 11.4. The minimum Gasteiger partial charge on any atom is -0.371 e. The van der Waals surface area contributed by atoms with Gasteiger partial charge in [0.25, 0.3) is 0 Å². The minimum absolute atomic E-state index is 0.0400. The van der Waals surface area contributed by atoms with E-state index >= 15 is 0 Å². The zero-order valence-corrected chi connectivity index (χ0v) is 15.3. The van der Waals surface area contributed by atoms with Crippen molar-refractivity contribution in [2.45, 2.75) is 39.0 Å². The van der Waals surface area contributed by atoms with E-state index in [1.807, 2.05) is 6.07 Å². The van der Waals surface area contributed by atoms with Crippen LogP contribution in [0.5, 0.6) is 0 Å². The largest absolute Gasteiger partial charge is 0.371 e. The van der Waals surface area contributed by atoms with Crippen LogP contribution in [0.3, 0.4) is 0 Å². The quantitative estimate of drug-likeness (QED) is 0.922. The first kappa shape index (κ1) is 16.9. The fraction of sp³-hybridized carbons (Fsp3) is 0.500. The Balaban J connectivity index is 1.55. The maximum absolute atomic E-state index is 12.5. The number of rotatable bonds is 3. The van der Waals surface area contributed by atoms with Gasteiger partial charge in [-0.25, -0.2) is 0 Å². The lowest BCUT2D eigenvalue weighted by Crippen LogP contribution is -2.38. The van der Waals surface area contributed by atoms with Crippen molar-refractivity contribution < 1.29 is 4.79 Å². The van der Waals surface area contributed by atoms with Crippen LogP contribution >= 0.6 is 11.3 Å². The van der Waals surface area contributed by atoms with Gasteiger partial charge in [-0.1, -0.05) is 50.3 Å². The predicted octanol–water partition coefficient (Wildman–Crippen LogP) is 3.69. The molecule has 0 aliphatic carbocycles. The van der Waals surface area contributed by atoms with Crippen molar-refractivity contribution in [1.29, 1.82) is 0 Å². The summed E-state index contributed by atoms with van der Waals surface area (Å²) in [5.74, 6) is 0.117. The van der Waals surface area contributed by atoms with E-state index in [1.165, 1.54) is 17.0 Å². The minimum atomic E-state index is -0.0400. The number of carbonyl (C=O) groups is 1. The molecule has 2 heterocycles. The van der Waals surface area contributed by atoms with Gasteiger partial charge in [-0.05, 0) is 25.0 Å². The highest BCUT2D eigenvalue weighted by molar-refractivity contribution is 7.15. The van der Waals surface area contributed by atoms with E-state index < -0.39 is 0 Å². The molecule has 1 aliphatic heterocycles. The summed E-state index contributed by atoms with van der Waals surface area (Å²) >= 11 is 1.46. The van der Waals surface area contributed by atoms with Crippen LogP contribution in [0.2, 0.25) is 0 Å². The van der Waals surface area contributed by atoms with Gasteiger partial charge in [-0.2, -0.15) is 0 Å². The van der Waals surface area contributed by atoms with Crippen LogP contribution in [-0.2, 0) is 10.2 Å². The predicted molar refractivity (Wildman–Crippen MR) is 98.6 cm³/mol. The average Bonchev–Trinajstić information content (AvgIpc) is 3.05. The van der Waals surface area contributed by atoms with Gasteiger partial charge in [0.1, 0.15) is 5.01 Å². The molecule has 24 heavy (non-hydrogen) atoms. The number of amides is 1. The maximum Gasteiger partial charge on any atom is 0.229 e. The number of hydrogen-bond acceptors (Lipinski definition) is 5. The van der Waals surface area contributed by atoms with Crippen molar-refractivity contribution in [3.05, 3.63) is 35.3 Å². The topological polar surface area (TPSA) is 58.1 Å². The van der Waals surface area contributed by atoms with Crippen LogP contribution < -0.4 is 10.2 Å². The number of para-hydroxylation sites is 1. The molecule has 0 spiro atoms. The molecule has 0 bridgehead atoms. The number of carbonyl (C=O) groups excluding carboxylic acids is 1. The van der Waals surface area contributed by atoms with Crippen molar-refractivity contribution in [3.63, 3.8) is 0 Å². The molecule has 0 atom stereocenters. The lowest BCUT2D eigenvalue weighted by Gasteiger charge is -2.32. The second-order valence-corrected chi connectivity index (χ2v) is 8.23. The number of aromatic nitrogens is 2. The summed E-state index contributed by atoms with van der Waals surface area (Å²) in [5.41, 5.74) is 1.19. The molecule has 1 amide bonds. The van der Waals surface area contributed by atoms with Gasteiger partial charge in [0.05, 0.1) is 0 Å². The monoisotopic (exact) mass is 344 g/mol. The molecule has 1 aromatic carbocycles. The number of nitrogens with one attached hydrogen (secondary N) is 1. The molecule has 1 aliphatic rings. The third kappa shape index (κ3) is 3.93. The highest BCUT2D eigenvalue weighted by Crippen LogP contribution is 2.29. The Kier molecular flexibility index (Phi) is 4.85. The summed E-state index contributed by atoms with van der Waals surface area (Å²) in [6.07, 6.45) is 1.73. The third-order valence-electron chi connectivity index (χ3n) is 4.28. The molecule has 1 fully saturated rings. The second-order valence-electron chi connectivity index (χ2n) is 7.25. The van der Waals surface area contributed by atoms with Crippen molar-refractivity contribution >= 4 is 28.1 Å². The van der Waals surface area contributed by atoms with Crippen molar-refractivity contribution in [2.75, 3.05) is 23.3 Å². The first-order valence-corrected chi connectivity index (χ1v) is 9.20. The van der Waals surface area contributed by atoms with Gasteiger partial charge in [0.15, 0.2) is 0 Å². The van der Waals surface area contributed by atoms with E-state index in [2.05, 4.69) is 65.5 Å². The summed E-state index contributed by atoms with van der Waals surface area (Å²) in [6, 6.07) is 10.4. The zero-order chi connectivity index (χ0) is 17.2. The smallest absolute Gasteiger partial charge is 0.229 e. The van der Waals surface area contributed by atoms with Crippen molar-refractivity contribution in [3.8, 4) is 0 Å². The molecule has 6 heteroatoms. The summed E-state index contributed by atoms with van der Waals surface area (Å²) in [7, 11) is 0. The van der Waals surface area contributed by atoms with Crippen molar-refractivity contribution in [2.24, 2.45) is 5.92 Å². The van der Waals surface area contributed by atoms with Crippen LogP contribution in [0, 0.1) is 5.92 Å². The number of piperidine rings is 1. The van der Waals surface area contributed by atoms with Gasteiger partial charge in [-0.3, -0.25) is 4.79 Å². The van der Waals surface area contributed by atoms with E-state index in [0.717, 1.165) is 30.9 Å². The fourth-order valence-corrected chi connectivity index (χ4v) is 3.63. The van der Waals surface area contributed by atoms with E-state index in [0.29, 0.717) is 5.13 Å². The summed E-state index contributed by atoms with van der Waals surface area (Å²) in [5, 5.41) is 12.8. The van der Waals surface area contributed by atoms with Crippen LogP contribution in [0.15, 0.2) is 30.3 Å². The Morgan fingerprint density at radius 3 is 2.42 bits per heavy atom. The zero-order valence-electron chi connectivity index (χ0n) is 14.5. The molecule has 0 unspecified atom stereocenters. The molecular formula is C18H24N4OS. The molecular weight excluding hydrogens is 320 g/mol. The number of anilines is 2. The number of benzene rings is 1. The highest BCUT2D eigenvalue weighted by Gasteiger charge is 2.26. The lowest BCUT2D eigenvalue weighted by atomic mass is 9.95. The second kappa shape index (κ2) is 6.89. The number of hydrogen-bond donors (Lipinski definition) is 1. The summed E-state index contributed by atoms with van der Waals surface area (Å²) in [6.45, 7) is 8.10. The van der Waals surface area contributed by atoms with Crippen LogP contribution in [0.1, 0.15) is 38.6 Å². The lowest BCUT2D eigenvalue weighted by molar-refractivity contribution is -0.120. The van der Waals surface area contributed by atoms with Crippen LogP contribution in [0.25, 0.3) is 0 Å². The standard InChI is InChI=1S/C18H24N4OS/c1-18(2,3)16-20-21-17(24-16)19-15(23)13-9-11-22(12-10-13)14-7-5-4-6-8-14/h4-8,13H,9-12H2,1-3H3,(H,19,21,23). The molecule has 0 saturated carbocycles. The van der Waals surface area contributed by atoms with Crippen molar-refractivity contribution in [1.82, 2.24) is 10.2 Å². The summed E-state index contributed by atoms with van der Waals surface area (Å²) in [4.78, 5) is 14.8. The normalized spacial score (nSPS) is 16.2. The fourth-order valence-electron chi connectivity index (χ4n) is 2.82. The maximum atomic E-state index is 12.5. The third-order valence-corrected chi connectivity index (χ3v) is 5.55. The van der Waals surface area contributed by atoms with Crippen LogP contribution in [0.4, 0.5) is 10.8 Å². The van der Waals surface area contributed by atoms with Crippen LogP contribution in [-0.4, -0.2) is 29.2 Å². The Morgan fingerprint density at radius 2 is 1.83 bits per heavy atom. The Morgan fingerprint density at radius 1 is 1.17 bits per heavy atom. The van der Waals surface area contributed by atoms with E-state index in [9.17, 15) is 4.79 Å². The number of nitrogens with zero attached hydrogens (tertiary/aromatic N) is 3. The molecule has 1 N–H and O–H groups in total. The SMILES string of the molecule is CC(C)(C)c1nnc(NC(=O)C2CCN(c3ccccc3)CC2)s1. The first-order valence-electron chi connectivity index (χ1n) is 8.38. The molecule has 3 rings (SSSR count). The Bertz CT molecular complexity index is 685. The molecule has 0 radical (unpaired) electrons. The Labute approximate surface area is 147 Å². The van der Waals surface area contributed by atoms with Gasteiger partial charge in [-0.15, -0.1) is 10.2 Å². The van der Waals surface area contributed by atoms with Gasteiger partial charge in [0.2, 0.25) is 11.0 Å². The molecule has 128 valence electrons. The molecule has 1 aromatic heterocycles. The van der Waals surface area contributed by atoms with E-state index in [-0.39, 0.29) is 17.2 Å². The molecule has 5 nitrogen and oxygen atoms in total. The van der Waals surface area contributed by atoms with E-state index in [4.69, 9.17) is 0 Å². The Hall–Kier alpha value is -1.95. The van der Waals surface area contributed by atoms with Gasteiger partial charge in [0, 0.05) is 30.1 Å². The van der Waals surface area contributed by atoms with Gasteiger partial charge < -0.3 is 10.2 Å². The average molecular weight is 344 g/mol. The molecule has 2 aromatic rings. The highest BCUT2D eigenvalue weighted by atomic mass is 32.1. The summed E-state index contributed by atoms with van der Waals surface area (Å²) < 4.78 is 0.